The van der Waals surface area contributed by atoms with Gasteiger partial charge in [0.15, 0.2) is 11.6 Å². The van der Waals surface area contributed by atoms with Crippen molar-refractivity contribution in [2.24, 2.45) is 0 Å². The van der Waals surface area contributed by atoms with E-state index in [1.165, 1.54) is 14.2 Å². The molecule has 0 aliphatic rings. The van der Waals surface area contributed by atoms with Gasteiger partial charge in [0.2, 0.25) is 0 Å². The van der Waals surface area contributed by atoms with E-state index in [4.69, 9.17) is 9.47 Å². The molecule has 0 aliphatic heterocycles. The van der Waals surface area contributed by atoms with Crippen LogP contribution in [0.3, 0.4) is 0 Å². The van der Waals surface area contributed by atoms with Crippen LogP contribution in [0.4, 0.5) is 17.3 Å². The molecule has 0 fully saturated rings. The SMILES string of the molecule is COc1cc(OC)cc(C(=O)Nc2ccc(Nc3cccc(C)c3)nn2)c1. The summed E-state index contributed by atoms with van der Waals surface area (Å²) >= 11 is 0. The van der Waals surface area contributed by atoms with E-state index in [9.17, 15) is 4.79 Å². The summed E-state index contributed by atoms with van der Waals surface area (Å²) in [5.41, 5.74) is 2.46. The molecule has 1 heterocycles. The molecule has 0 saturated heterocycles. The largest absolute Gasteiger partial charge is 0.497 e. The number of benzene rings is 2. The number of hydrogen-bond acceptors (Lipinski definition) is 6. The van der Waals surface area contributed by atoms with E-state index >= 15 is 0 Å². The van der Waals surface area contributed by atoms with E-state index in [1.54, 1.807) is 30.3 Å². The van der Waals surface area contributed by atoms with Crippen LogP contribution in [0.25, 0.3) is 0 Å². The summed E-state index contributed by atoms with van der Waals surface area (Å²) in [5, 5.41) is 14.0. The Kier molecular flexibility index (Phi) is 5.51. The highest BCUT2D eigenvalue weighted by Crippen LogP contribution is 2.23. The summed E-state index contributed by atoms with van der Waals surface area (Å²) in [6, 6.07) is 16.3. The number of aryl methyl sites for hydroxylation is 1. The molecular formula is C20H20N4O3. The van der Waals surface area contributed by atoms with Gasteiger partial charge in [-0.25, -0.2) is 0 Å². The minimum atomic E-state index is -0.333. The van der Waals surface area contributed by atoms with E-state index in [1.807, 2.05) is 31.2 Å². The predicted molar refractivity (Wildman–Crippen MR) is 104 cm³/mol. The maximum Gasteiger partial charge on any atom is 0.257 e. The summed E-state index contributed by atoms with van der Waals surface area (Å²) < 4.78 is 10.4. The molecule has 2 N–H and O–H groups in total. The molecule has 2 aromatic carbocycles. The number of anilines is 3. The van der Waals surface area contributed by atoms with Crippen LogP contribution in [0, 0.1) is 6.92 Å². The van der Waals surface area contributed by atoms with Gasteiger partial charge in [0.05, 0.1) is 14.2 Å². The first-order chi connectivity index (χ1) is 13.1. The van der Waals surface area contributed by atoms with Crippen molar-refractivity contribution in [2.75, 3.05) is 24.9 Å². The Morgan fingerprint density at radius 2 is 1.56 bits per heavy atom. The van der Waals surface area contributed by atoms with Gasteiger partial charge in [0.25, 0.3) is 5.91 Å². The smallest absolute Gasteiger partial charge is 0.257 e. The molecule has 7 nitrogen and oxygen atoms in total. The molecule has 27 heavy (non-hydrogen) atoms. The second-order valence-electron chi connectivity index (χ2n) is 5.85. The standard InChI is InChI=1S/C20H20N4O3/c1-13-5-4-6-15(9-13)21-18-7-8-19(24-23-18)22-20(25)14-10-16(26-2)12-17(11-14)27-3/h4-12H,1-3H3,(H,21,23)(H,22,24,25). The first-order valence-electron chi connectivity index (χ1n) is 8.29. The monoisotopic (exact) mass is 364 g/mol. The molecule has 1 aromatic heterocycles. The van der Waals surface area contributed by atoms with E-state index in [-0.39, 0.29) is 5.91 Å². The van der Waals surface area contributed by atoms with Gasteiger partial charge in [-0.1, -0.05) is 12.1 Å². The summed E-state index contributed by atoms with van der Waals surface area (Å²) in [6.07, 6.45) is 0. The highest BCUT2D eigenvalue weighted by molar-refractivity contribution is 6.04. The van der Waals surface area contributed by atoms with Gasteiger partial charge in [0.1, 0.15) is 11.5 Å². The van der Waals surface area contributed by atoms with Crippen LogP contribution < -0.4 is 20.1 Å². The summed E-state index contributed by atoms with van der Waals surface area (Å²) in [6.45, 7) is 2.02. The molecule has 0 spiro atoms. The first-order valence-corrected chi connectivity index (χ1v) is 8.29. The summed E-state index contributed by atoms with van der Waals surface area (Å²) in [5.74, 6) is 1.66. The number of carbonyl (C=O) groups excluding carboxylic acids is 1. The highest BCUT2D eigenvalue weighted by atomic mass is 16.5. The van der Waals surface area contributed by atoms with Gasteiger partial charge < -0.3 is 20.1 Å². The summed E-state index contributed by atoms with van der Waals surface area (Å²) in [7, 11) is 3.06. The van der Waals surface area contributed by atoms with Gasteiger partial charge in [0, 0.05) is 17.3 Å². The van der Waals surface area contributed by atoms with Crippen LogP contribution in [0.15, 0.2) is 54.6 Å². The Morgan fingerprint density at radius 1 is 0.889 bits per heavy atom. The maximum absolute atomic E-state index is 12.5. The van der Waals surface area contributed by atoms with Crippen molar-refractivity contribution in [2.45, 2.75) is 6.92 Å². The lowest BCUT2D eigenvalue weighted by molar-refractivity contribution is 0.102. The molecule has 7 heteroatoms. The van der Waals surface area contributed by atoms with E-state index in [2.05, 4.69) is 20.8 Å². The zero-order valence-corrected chi connectivity index (χ0v) is 15.3. The Bertz CT molecular complexity index is 920. The number of hydrogen-bond donors (Lipinski definition) is 2. The Hall–Kier alpha value is -3.61. The highest BCUT2D eigenvalue weighted by Gasteiger charge is 2.11. The van der Waals surface area contributed by atoms with Gasteiger partial charge in [-0.05, 0) is 48.9 Å². The van der Waals surface area contributed by atoms with Crippen molar-refractivity contribution in [3.8, 4) is 11.5 Å². The maximum atomic E-state index is 12.5. The molecule has 0 radical (unpaired) electrons. The average Bonchev–Trinajstić information content (AvgIpc) is 2.69. The number of nitrogens with one attached hydrogen (secondary N) is 2. The predicted octanol–water partition coefficient (Wildman–Crippen LogP) is 3.80. The van der Waals surface area contributed by atoms with E-state index in [0.717, 1.165) is 11.3 Å². The second kappa shape index (κ2) is 8.18. The van der Waals surface area contributed by atoms with Crippen molar-refractivity contribution in [3.05, 3.63) is 65.7 Å². The van der Waals surface area contributed by atoms with Crippen LogP contribution in [0.2, 0.25) is 0 Å². The number of carbonyl (C=O) groups is 1. The molecule has 0 aliphatic carbocycles. The van der Waals surface area contributed by atoms with Crippen LogP contribution >= 0.6 is 0 Å². The van der Waals surface area contributed by atoms with Crippen LogP contribution in [0.1, 0.15) is 15.9 Å². The lowest BCUT2D eigenvalue weighted by Crippen LogP contribution is -2.14. The fourth-order valence-corrected chi connectivity index (χ4v) is 2.46. The number of aromatic nitrogens is 2. The third kappa shape index (κ3) is 4.72. The topological polar surface area (TPSA) is 85.4 Å². The molecule has 0 saturated carbocycles. The van der Waals surface area contributed by atoms with Gasteiger partial charge in [-0.3, -0.25) is 4.79 Å². The third-order valence-corrected chi connectivity index (χ3v) is 3.81. The van der Waals surface area contributed by atoms with Gasteiger partial charge in [-0.2, -0.15) is 0 Å². The van der Waals surface area contributed by atoms with Crippen LogP contribution in [-0.4, -0.2) is 30.3 Å². The van der Waals surface area contributed by atoms with Crippen molar-refractivity contribution in [1.82, 2.24) is 10.2 Å². The number of nitrogens with zero attached hydrogens (tertiary/aromatic N) is 2. The number of methoxy groups -OCH3 is 2. The molecule has 0 unspecified atom stereocenters. The fraction of sp³-hybridized carbons (Fsp3) is 0.150. The van der Waals surface area contributed by atoms with Crippen LogP contribution in [0.5, 0.6) is 11.5 Å². The zero-order chi connectivity index (χ0) is 19.2. The molecule has 3 aromatic rings. The third-order valence-electron chi connectivity index (χ3n) is 3.81. The van der Waals surface area contributed by atoms with E-state index < -0.39 is 0 Å². The zero-order valence-electron chi connectivity index (χ0n) is 15.3. The Morgan fingerprint density at radius 3 is 2.15 bits per heavy atom. The molecular weight excluding hydrogens is 344 g/mol. The lowest BCUT2D eigenvalue weighted by Gasteiger charge is -2.09. The molecule has 1 amide bonds. The first kappa shape index (κ1) is 18.2. The van der Waals surface area contributed by atoms with Crippen LogP contribution in [-0.2, 0) is 0 Å². The van der Waals surface area contributed by atoms with Gasteiger partial charge >= 0.3 is 0 Å². The lowest BCUT2D eigenvalue weighted by atomic mass is 10.2. The minimum absolute atomic E-state index is 0.333. The number of ether oxygens (including phenoxy) is 2. The minimum Gasteiger partial charge on any atom is -0.497 e. The number of amides is 1. The normalized spacial score (nSPS) is 10.2. The summed E-state index contributed by atoms with van der Waals surface area (Å²) in [4.78, 5) is 12.5. The van der Waals surface area contributed by atoms with Gasteiger partial charge in [-0.15, -0.1) is 10.2 Å². The molecule has 3 rings (SSSR count). The van der Waals surface area contributed by atoms with Crippen molar-refractivity contribution in [1.29, 1.82) is 0 Å². The Balaban J connectivity index is 1.70. The Labute approximate surface area is 157 Å². The van der Waals surface area contributed by atoms with Crippen molar-refractivity contribution >= 4 is 23.2 Å². The van der Waals surface area contributed by atoms with Crippen molar-refractivity contribution in [3.63, 3.8) is 0 Å². The fourth-order valence-electron chi connectivity index (χ4n) is 2.46. The molecule has 138 valence electrons. The van der Waals surface area contributed by atoms with Crippen molar-refractivity contribution < 1.29 is 14.3 Å². The molecule has 0 bridgehead atoms. The second-order valence-corrected chi connectivity index (χ2v) is 5.85. The quantitative estimate of drug-likeness (QED) is 0.692. The van der Waals surface area contributed by atoms with E-state index in [0.29, 0.717) is 28.7 Å². The molecule has 0 atom stereocenters. The number of rotatable bonds is 6. The average molecular weight is 364 g/mol.